The minimum Gasteiger partial charge on any atom is -0.504 e. The summed E-state index contributed by atoms with van der Waals surface area (Å²) in [4.78, 5) is 20.0. The molecular weight excluding hydrogens is 234 g/mol. The standard InChI is InChI=1S/C7H7N3O4.CH2O2/c8-5-4-2(1-3(11)6(5)12)10(14)9-7(4)13;2-1-3/h1,11-12,14H,8H2,(H,9,13);1H,(H,2,3). The lowest BCUT2D eigenvalue weighted by Gasteiger charge is -2.02. The lowest BCUT2D eigenvalue weighted by Crippen LogP contribution is -2.03. The third-order valence-electron chi connectivity index (χ3n) is 1.96. The molecule has 92 valence electrons. The van der Waals surface area contributed by atoms with Crippen molar-refractivity contribution in [3.8, 4) is 11.5 Å². The summed E-state index contributed by atoms with van der Waals surface area (Å²) in [5.74, 6) is -1.08. The van der Waals surface area contributed by atoms with Crippen LogP contribution in [0, 0.1) is 0 Å². The number of benzene rings is 1. The number of nitrogen functional groups attached to an aromatic ring is 1. The smallest absolute Gasteiger partial charge is 0.290 e. The van der Waals surface area contributed by atoms with E-state index in [2.05, 4.69) is 0 Å². The van der Waals surface area contributed by atoms with Gasteiger partial charge >= 0.3 is 0 Å². The largest absolute Gasteiger partial charge is 0.504 e. The van der Waals surface area contributed by atoms with Crippen molar-refractivity contribution in [1.29, 1.82) is 0 Å². The molecule has 1 heterocycles. The lowest BCUT2D eigenvalue weighted by atomic mass is 10.2. The van der Waals surface area contributed by atoms with E-state index in [1.165, 1.54) is 0 Å². The van der Waals surface area contributed by atoms with Crippen LogP contribution in [0.25, 0.3) is 10.9 Å². The fourth-order valence-corrected chi connectivity index (χ4v) is 1.28. The number of aromatic amines is 1. The van der Waals surface area contributed by atoms with Crippen LogP contribution in [0.3, 0.4) is 0 Å². The molecule has 0 spiro atoms. The van der Waals surface area contributed by atoms with Crippen LogP contribution in [-0.2, 0) is 4.79 Å². The van der Waals surface area contributed by atoms with Crippen LogP contribution in [0.15, 0.2) is 10.9 Å². The van der Waals surface area contributed by atoms with Crippen LogP contribution in [0.1, 0.15) is 0 Å². The molecule has 1 aromatic heterocycles. The van der Waals surface area contributed by atoms with Gasteiger partial charge in [0.05, 0.1) is 11.1 Å². The number of anilines is 1. The maximum Gasteiger partial charge on any atom is 0.290 e. The number of nitrogens with zero attached hydrogens (tertiary/aromatic N) is 1. The quantitative estimate of drug-likeness (QED) is 0.153. The highest BCUT2D eigenvalue weighted by Gasteiger charge is 2.15. The predicted octanol–water partition coefficient (Wildman–Crippen LogP) is -0.739. The first-order valence-corrected chi connectivity index (χ1v) is 4.16. The number of carboxylic acid groups (broad SMARTS) is 1. The van der Waals surface area contributed by atoms with Gasteiger partial charge in [-0.25, -0.2) is 5.10 Å². The average Bonchev–Trinajstić information content (AvgIpc) is 2.52. The molecule has 2 rings (SSSR count). The Morgan fingerprint density at radius 3 is 2.47 bits per heavy atom. The molecule has 7 N–H and O–H groups in total. The van der Waals surface area contributed by atoms with Gasteiger partial charge in [0.25, 0.3) is 12.0 Å². The van der Waals surface area contributed by atoms with Gasteiger partial charge in [0.1, 0.15) is 5.52 Å². The van der Waals surface area contributed by atoms with E-state index in [0.717, 1.165) is 6.07 Å². The summed E-state index contributed by atoms with van der Waals surface area (Å²) >= 11 is 0. The molecule has 0 aliphatic carbocycles. The van der Waals surface area contributed by atoms with Gasteiger partial charge < -0.3 is 26.3 Å². The molecule has 0 atom stereocenters. The number of hydrogen-bond acceptors (Lipinski definition) is 6. The zero-order valence-electron chi connectivity index (χ0n) is 8.28. The number of phenolic OH excluding ortho intramolecular Hbond substituents is 2. The average molecular weight is 243 g/mol. The summed E-state index contributed by atoms with van der Waals surface area (Å²) in [6, 6.07) is 1.03. The highest BCUT2D eigenvalue weighted by Crippen LogP contribution is 2.35. The SMILES string of the molecule is Nc1c(O)c(O)cc2c1c(=O)[nH]n2O.O=CO. The van der Waals surface area contributed by atoms with E-state index >= 15 is 0 Å². The van der Waals surface area contributed by atoms with Gasteiger partial charge in [-0.3, -0.25) is 9.59 Å². The molecule has 0 amide bonds. The number of phenols is 2. The Morgan fingerprint density at radius 1 is 1.41 bits per heavy atom. The number of rotatable bonds is 0. The Morgan fingerprint density at radius 2 is 1.94 bits per heavy atom. The molecule has 0 fully saturated rings. The summed E-state index contributed by atoms with van der Waals surface area (Å²) < 4.78 is 0. The van der Waals surface area contributed by atoms with Crippen LogP contribution in [-0.4, -0.2) is 36.9 Å². The number of carbonyl (C=O) groups is 1. The van der Waals surface area contributed by atoms with Crippen molar-refractivity contribution in [1.82, 2.24) is 9.94 Å². The normalized spacial score (nSPS) is 9.65. The third kappa shape index (κ3) is 1.93. The van der Waals surface area contributed by atoms with Gasteiger partial charge in [-0.15, -0.1) is 4.85 Å². The summed E-state index contributed by atoms with van der Waals surface area (Å²) in [7, 11) is 0. The van der Waals surface area contributed by atoms with Crippen LogP contribution in [0.4, 0.5) is 5.69 Å². The van der Waals surface area contributed by atoms with Crippen molar-refractivity contribution in [2.75, 3.05) is 5.73 Å². The molecule has 0 saturated carbocycles. The van der Waals surface area contributed by atoms with Crippen molar-refractivity contribution in [3.05, 3.63) is 16.4 Å². The van der Waals surface area contributed by atoms with Crippen molar-refractivity contribution >= 4 is 23.1 Å². The third-order valence-corrected chi connectivity index (χ3v) is 1.96. The lowest BCUT2D eigenvalue weighted by molar-refractivity contribution is -0.122. The van der Waals surface area contributed by atoms with Gasteiger partial charge in [0.15, 0.2) is 11.5 Å². The Bertz CT molecular complexity index is 614. The Balaban J connectivity index is 0.000000437. The van der Waals surface area contributed by atoms with Crippen LogP contribution >= 0.6 is 0 Å². The van der Waals surface area contributed by atoms with E-state index in [0.29, 0.717) is 4.85 Å². The Hall–Kier alpha value is -2.84. The molecule has 0 aliphatic heterocycles. The van der Waals surface area contributed by atoms with Crippen molar-refractivity contribution in [2.24, 2.45) is 0 Å². The van der Waals surface area contributed by atoms with E-state index in [4.69, 9.17) is 25.9 Å². The molecule has 9 heteroatoms. The minimum atomic E-state index is -0.643. The first-order chi connectivity index (χ1) is 7.93. The number of hydrogen-bond donors (Lipinski definition) is 6. The second kappa shape index (κ2) is 4.35. The fraction of sp³-hybridized carbons (Fsp3) is 0. The van der Waals surface area contributed by atoms with Crippen LogP contribution < -0.4 is 11.3 Å². The highest BCUT2D eigenvalue weighted by atomic mass is 16.5. The van der Waals surface area contributed by atoms with Crippen molar-refractivity contribution in [2.45, 2.75) is 0 Å². The Labute approximate surface area is 92.9 Å². The van der Waals surface area contributed by atoms with E-state index < -0.39 is 17.1 Å². The summed E-state index contributed by atoms with van der Waals surface area (Å²) in [6.45, 7) is -0.250. The van der Waals surface area contributed by atoms with E-state index in [-0.39, 0.29) is 23.1 Å². The summed E-state index contributed by atoms with van der Waals surface area (Å²) in [6.07, 6.45) is 0. The molecule has 17 heavy (non-hydrogen) atoms. The number of aromatic hydroxyl groups is 2. The maximum absolute atomic E-state index is 11.2. The topological polar surface area (TPSA) is 162 Å². The van der Waals surface area contributed by atoms with E-state index in [1.807, 2.05) is 5.10 Å². The molecule has 0 radical (unpaired) electrons. The van der Waals surface area contributed by atoms with E-state index in [9.17, 15) is 9.90 Å². The number of fused-ring (bicyclic) bond motifs is 1. The van der Waals surface area contributed by atoms with E-state index in [1.54, 1.807) is 0 Å². The molecule has 2 aromatic rings. The molecule has 0 aliphatic rings. The molecule has 0 bridgehead atoms. The van der Waals surface area contributed by atoms with Crippen LogP contribution in [0.5, 0.6) is 11.5 Å². The zero-order chi connectivity index (χ0) is 13.2. The minimum absolute atomic E-state index is 0.00259. The maximum atomic E-state index is 11.2. The molecule has 0 unspecified atom stereocenters. The summed E-state index contributed by atoms with van der Waals surface area (Å²) in [5.41, 5.74) is 4.47. The number of H-pyrrole nitrogens is 1. The zero-order valence-corrected chi connectivity index (χ0v) is 8.28. The monoisotopic (exact) mass is 243 g/mol. The molecular formula is C8H9N3O6. The van der Waals surface area contributed by atoms with Gasteiger partial charge in [0, 0.05) is 6.07 Å². The Kier molecular flexibility index (Phi) is 3.13. The number of nitrogens with two attached hydrogens (primary N) is 1. The first kappa shape index (κ1) is 12.2. The number of aromatic nitrogens is 2. The van der Waals surface area contributed by atoms with Crippen LogP contribution in [0.2, 0.25) is 0 Å². The summed E-state index contributed by atoms with van der Waals surface area (Å²) in [5, 5.41) is 36.4. The first-order valence-electron chi connectivity index (χ1n) is 4.16. The van der Waals surface area contributed by atoms with Crippen molar-refractivity contribution < 1.29 is 25.3 Å². The molecule has 0 saturated heterocycles. The molecule has 1 aromatic carbocycles. The van der Waals surface area contributed by atoms with Gasteiger partial charge in [-0.1, -0.05) is 0 Å². The predicted molar refractivity (Wildman–Crippen MR) is 56.2 cm³/mol. The van der Waals surface area contributed by atoms with Crippen molar-refractivity contribution in [3.63, 3.8) is 0 Å². The number of nitrogens with one attached hydrogen (secondary N) is 1. The highest BCUT2D eigenvalue weighted by molar-refractivity contribution is 5.95. The second-order valence-corrected chi connectivity index (χ2v) is 2.91. The molecule has 9 nitrogen and oxygen atoms in total. The van der Waals surface area contributed by atoms with Gasteiger partial charge in [-0.2, -0.15) is 0 Å². The van der Waals surface area contributed by atoms with Gasteiger partial charge in [0.2, 0.25) is 0 Å². The fourth-order valence-electron chi connectivity index (χ4n) is 1.28. The van der Waals surface area contributed by atoms with Gasteiger partial charge in [-0.05, 0) is 0 Å². The second-order valence-electron chi connectivity index (χ2n) is 2.91.